The fourth-order valence-electron chi connectivity index (χ4n) is 6.79. The zero-order valence-electron chi connectivity index (χ0n) is 38.1. The molecule has 15 nitrogen and oxygen atoms in total. The summed E-state index contributed by atoms with van der Waals surface area (Å²) in [6.07, 6.45) is -0.0609. The molecule has 72 heavy (non-hydrogen) atoms. The van der Waals surface area contributed by atoms with Crippen LogP contribution in [0, 0.1) is 54.3 Å². The second kappa shape index (κ2) is 22.9. The third-order valence-corrected chi connectivity index (χ3v) is 15.3. The lowest BCUT2D eigenvalue weighted by Crippen LogP contribution is -2.34. The summed E-state index contributed by atoms with van der Waals surface area (Å²) in [4.78, 5) is 50.3. The maximum Gasteiger partial charge on any atom is 0.261 e. The molecule has 6 aromatic carbocycles. The predicted octanol–water partition coefficient (Wildman–Crippen LogP) is 9.51. The smallest absolute Gasteiger partial charge is 0.261 e. The number of rotatable bonds is 14. The number of phenolic OH excluding ortho intramolecular Hbond substituents is 2. The number of nitrogens with one attached hydrogen (secondary N) is 4. The summed E-state index contributed by atoms with van der Waals surface area (Å²) < 4.78 is 120. The molecule has 2 atom stereocenters. The quantitative estimate of drug-likeness (QED) is 0.0259. The molecule has 2 unspecified atom stereocenters. The van der Waals surface area contributed by atoms with Crippen molar-refractivity contribution in [1.82, 2.24) is 0 Å². The third kappa shape index (κ3) is 12.3. The summed E-state index contributed by atoms with van der Waals surface area (Å²) >= 11 is 6.06. The van der Waals surface area contributed by atoms with Crippen molar-refractivity contribution in [3.8, 4) is 17.6 Å². The fraction of sp³-hybridized carbons (Fsp3) is 0.163. The minimum atomic E-state index is -4.12. The maximum absolute atomic E-state index is 13.9. The molecule has 0 bridgehead atoms. The van der Waals surface area contributed by atoms with Gasteiger partial charge >= 0.3 is 0 Å². The van der Waals surface area contributed by atoms with E-state index in [9.17, 15) is 68.2 Å². The Morgan fingerprint density at radius 3 is 1.53 bits per heavy atom. The van der Waals surface area contributed by atoms with E-state index in [1.807, 2.05) is 6.07 Å². The summed E-state index contributed by atoms with van der Waals surface area (Å²) in [6, 6.07) is 25.9. The van der Waals surface area contributed by atoms with E-state index >= 15 is 0 Å². The van der Waals surface area contributed by atoms with Gasteiger partial charge in [-0.3, -0.25) is 19.2 Å². The molecule has 0 aromatic heterocycles. The number of hydrogen-bond donors (Lipinski definition) is 6. The first-order valence-corrected chi connectivity index (χ1v) is 24.6. The van der Waals surface area contributed by atoms with E-state index < -0.39 is 99.9 Å². The van der Waals surface area contributed by atoms with Gasteiger partial charge in [0.15, 0.2) is 42.9 Å². The van der Waals surface area contributed by atoms with Crippen molar-refractivity contribution in [1.29, 1.82) is 5.26 Å². The second-order valence-corrected chi connectivity index (χ2v) is 20.3. The van der Waals surface area contributed by atoms with Gasteiger partial charge in [0.25, 0.3) is 11.8 Å². The highest BCUT2D eigenvalue weighted by atomic mass is 35.5. The zero-order valence-corrected chi connectivity index (χ0v) is 40.5. The molecule has 6 aromatic rings. The van der Waals surface area contributed by atoms with E-state index in [1.54, 1.807) is 44.3 Å². The molecule has 0 aliphatic rings. The number of aromatic hydroxyl groups is 2. The van der Waals surface area contributed by atoms with Crippen LogP contribution in [0.5, 0.6) is 11.5 Å². The van der Waals surface area contributed by atoms with Crippen LogP contribution in [-0.2, 0) is 29.3 Å². The van der Waals surface area contributed by atoms with Crippen LogP contribution in [0.3, 0.4) is 0 Å². The Bertz CT molecular complexity index is 3370. The van der Waals surface area contributed by atoms with Gasteiger partial charge in [-0.25, -0.2) is 38.8 Å². The molecule has 6 N–H and O–H groups in total. The van der Waals surface area contributed by atoms with E-state index in [-0.39, 0.29) is 50.5 Å². The van der Waals surface area contributed by atoms with Gasteiger partial charge in [-0.15, -0.1) is 0 Å². The molecule has 0 saturated carbocycles. The van der Waals surface area contributed by atoms with Crippen molar-refractivity contribution in [3.05, 3.63) is 165 Å². The maximum atomic E-state index is 13.9. The number of nitriles is 1. The molecule has 376 valence electrons. The van der Waals surface area contributed by atoms with Crippen LogP contribution >= 0.6 is 11.6 Å². The van der Waals surface area contributed by atoms with E-state index in [0.29, 0.717) is 16.7 Å². The fourth-order valence-corrected chi connectivity index (χ4v) is 10.5. The molecule has 0 radical (unpaired) electrons. The van der Waals surface area contributed by atoms with Gasteiger partial charge in [0, 0.05) is 23.4 Å². The monoisotopic (exact) mass is 1050 g/mol. The van der Waals surface area contributed by atoms with Crippen molar-refractivity contribution >= 4 is 77.7 Å². The average molecular weight is 1050 g/mol. The molecule has 0 spiro atoms. The minimum absolute atomic E-state index is 0.0623. The van der Waals surface area contributed by atoms with Crippen LogP contribution in [0.25, 0.3) is 0 Å². The number of amides is 4. The number of carbonyl (C=O) groups excluding carboxylic acids is 4. The van der Waals surface area contributed by atoms with E-state index in [2.05, 4.69) is 16.0 Å². The number of aryl methyl sites for hydroxylation is 2. The van der Waals surface area contributed by atoms with Crippen LogP contribution in [0.4, 0.5) is 44.7 Å². The van der Waals surface area contributed by atoms with E-state index in [0.717, 1.165) is 17.7 Å². The van der Waals surface area contributed by atoms with Gasteiger partial charge in [-0.05, 0) is 105 Å². The van der Waals surface area contributed by atoms with Gasteiger partial charge in [-0.2, -0.15) is 5.26 Å². The normalized spacial score (nSPS) is 12.0. The van der Waals surface area contributed by atoms with Crippen LogP contribution in [0.2, 0.25) is 5.02 Å². The van der Waals surface area contributed by atoms with Gasteiger partial charge in [0.05, 0.1) is 43.5 Å². The van der Waals surface area contributed by atoms with Crippen LogP contribution in [-0.4, -0.2) is 61.2 Å². The molecule has 0 heterocycles. The topological polar surface area (TPSA) is 249 Å². The molecule has 23 heteroatoms. The Kier molecular flexibility index (Phi) is 17.5. The summed E-state index contributed by atoms with van der Waals surface area (Å²) in [5.74, 6) is -17.1. The van der Waals surface area contributed by atoms with Crippen LogP contribution in [0.15, 0.2) is 113 Å². The number of benzene rings is 6. The van der Waals surface area contributed by atoms with Gasteiger partial charge in [0.2, 0.25) is 17.6 Å². The molecule has 4 amide bonds. The lowest BCUT2D eigenvalue weighted by Gasteiger charge is -2.18. The van der Waals surface area contributed by atoms with Crippen LogP contribution in [0.1, 0.15) is 64.1 Å². The Hall–Kier alpha value is -7.87. The van der Waals surface area contributed by atoms with E-state index in [4.69, 9.17) is 16.9 Å². The molecule has 0 aliphatic heterocycles. The number of phenols is 2. The largest absolute Gasteiger partial charge is 0.506 e. The molecule has 6 rings (SSSR count). The highest BCUT2D eigenvalue weighted by Gasteiger charge is 2.35. The van der Waals surface area contributed by atoms with Gasteiger partial charge in [-0.1, -0.05) is 49.7 Å². The standard InChI is InChI=1S/C25H23N3O5S.C24H18ClF5N2O5S/c1-3-23(34(32,33)20-6-4-5-16(2)13-20)25(31)27-19-11-12-21(22(29)14-19)28-24(30)18-9-7-17(15-26)8-10-18;1-3-16(38(36,37)11-6-4-5-10(2)7-11)23(34)31-13-9-15(33)14(8-12(13)25)32-24(35)17-18(26)20(28)22(30)21(29)19(17)27/h4-14,23,29H,3H2,1-2H3,(H,27,31)(H,28,30);4-9,16,33H,3H2,1-2H3,(H,31,34)(H,32,35). The Labute approximate surface area is 414 Å². The highest BCUT2D eigenvalue weighted by molar-refractivity contribution is 7.93. The Morgan fingerprint density at radius 1 is 0.583 bits per heavy atom. The molecule has 0 saturated heterocycles. The first-order valence-electron chi connectivity index (χ1n) is 21.1. The highest BCUT2D eigenvalue weighted by Crippen LogP contribution is 2.36. The summed E-state index contributed by atoms with van der Waals surface area (Å²) in [6.45, 7) is 6.52. The molecular weight excluding hydrogens is 1010 g/mol. The minimum Gasteiger partial charge on any atom is -0.506 e. The Balaban J connectivity index is 0.000000269. The second-order valence-electron chi connectivity index (χ2n) is 15.6. The Morgan fingerprint density at radius 2 is 1.06 bits per heavy atom. The summed E-state index contributed by atoms with van der Waals surface area (Å²) in [5.41, 5.74) is -0.303. The predicted molar refractivity (Wildman–Crippen MR) is 257 cm³/mol. The van der Waals surface area contributed by atoms with Gasteiger partial charge in [0.1, 0.15) is 27.6 Å². The number of carbonyl (C=O) groups is 4. The SMILES string of the molecule is CCC(C(=O)Nc1cc(O)c(NC(=O)c2c(F)c(F)c(F)c(F)c2F)cc1Cl)S(=O)(=O)c1cccc(C)c1.CCC(C(=O)Nc1ccc(NC(=O)c2ccc(C#N)cc2)c(O)c1)S(=O)(=O)c1cccc(C)c1. The zero-order chi connectivity index (χ0) is 53.4. The van der Waals surface area contributed by atoms with Crippen LogP contribution < -0.4 is 21.3 Å². The van der Waals surface area contributed by atoms with Crippen molar-refractivity contribution in [2.45, 2.75) is 60.8 Å². The molecular formula is C49H41ClF5N5O10S2. The average Bonchev–Trinajstić information content (AvgIpc) is 3.33. The number of halogens is 6. The van der Waals surface area contributed by atoms with Crippen molar-refractivity contribution < 1.29 is 68.2 Å². The third-order valence-electron chi connectivity index (χ3n) is 10.5. The first-order chi connectivity index (χ1) is 33.8. The number of sulfone groups is 2. The van der Waals surface area contributed by atoms with Crippen molar-refractivity contribution in [2.24, 2.45) is 0 Å². The first kappa shape index (κ1) is 55.1. The molecule has 0 aliphatic carbocycles. The number of anilines is 4. The molecule has 0 fully saturated rings. The van der Waals surface area contributed by atoms with E-state index in [1.165, 1.54) is 79.7 Å². The lowest BCUT2D eigenvalue weighted by atomic mass is 10.1. The van der Waals surface area contributed by atoms with Crippen molar-refractivity contribution in [2.75, 3.05) is 21.3 Å². The summed E-state index contributed by atoms with van der Waals surface area (Å²) in [7, 11) is -8.04. The lowest BCUT2D eigenvalue weighted by molar-refractivity contribution is -0.116. The number of nitrogens with zero attached hydrogens (tertiary/aromatic N) is 1. The number of hydrogen-bond acceptors (Lipinski definition) is 11. The summed E-state index contributed by atoms with van der Waals surface area (Å²) in [5, 5.41) is 35.3. The van der Waals surface area contributed by atoms with Crippen molar-refractivity contribution in [3.63, 3.8) is 0 Å². The van der Waals surface area contributed by atoms with Gasteiger partial charge < -0.3 is 31.5 Å².